The lowest BCUT2D eigenvalue weighted by Gasteiger charge is -2.11. The normalized spacial score (nSPS) is 11.8. The van der Waals surface area contributed by atoms with Gasteiger partial charge in [0.1, 0.15) is 11.6 Å². The van der Waals surface area contributed by atoms with Gasteiger partial charge in [-0.1, -0.05) is 12.1 Å². The first-order chi connectivity index (χ1) is 16.5. The van der Waals surface area contributed by atoms with Gasteiger partial charge in [0, 0.05) is 23.6 Å². The Bertz CT molecular complexity index is 1520. The van der Waals surface area contributed by atoms with Gasteiger partial charge in [-0.2, -0.15) is 16.8 Å². The Hall–Kier alpha value is -2.97. The molecule has 0 radical (unpaired) electrons. The van der Waals surface area contributed by atoms with E-state index in [1.165, 1.54) is 0 Å². The highest BCUT2D eigenvalue weighted by molar-refractivity contribution is 7.85. The lowest BCUT2D eigenvalue weighted by molar-refractivity contribution is 0.405. The summed E-state index contributed by atoms with van der Waals surface area (Å²) in [6.45, 7) is 3.99. The summed E-state index contributed by atoms with van der Waals surface area (Å²) < 4.78 is 51.7. The lowest BCUT2D eigenvalue weighted by atomic mass is 10.0. The minimum atomic E-state index is -3.67. The third kappa shape index (κ3) is 9.24. The summed E-state index contributed by atoms with van der Waals surface area (Å²) in [5.41, 5.74) is 3.33. The van der Waals surface area contributed by atoms with Crippen molar-refractivity contribution >= 4 is 58.6 Å². The van der Waals surface area contributed by atoms with Crippen molar-refractivity contribution in [1.82, 2.24) is 14.9 Å². The molecule has 0 amide bonds. The second-order valence-corrected chi connectivity index (χ2v) is 11.5. The number of aromatic hydroxyl groups is 1. The van der Waals surface area contributed by atoms with Crippen LogP contribution in [-0.4, -0.2) is 85.6 Å². The van der Waals surface area contributed by atoms with Gasteiger partial charge >= 0.3 is 0 Å². The maximum absolute atomic E-state index is 9.82. The van der Waals surface area contributed by atoms with Crippen LogP contribution in [0.15, 0.2) is 36.5 Å². The summed E-state index contributed by atoms with van der Waals surface area (Å²) in [7, 11) is -3.16. The van der Waals surface area contributed by atoms with Crippen LogP contribution >= 0.6 is 0 Å². The van der Waals surface area contributed by atoms with Crippen molar-refractivity contribution in [2.75, 3.05) is 45.0 Å². The number of rotatable bonds is 5. The summed E-state index contributed by atoms with van der Waals surface area (Å²) >= 11 is 0. The average Bonchev–Trinajstić information content (AvgIpc) is 3.11. The Morgan fingerprint density at radius 1 is 1.00 bits per heavy atom. The molecule has 0 bridgehead atoms. The Morgan fingerprint density at radius 3 is 2.19 bits per heavy atom. The number of pyridine rings is 1. The molecule has 0 saturated carbocycles. The molecule has 36 heavy (non-hydrogen) atoms. The SMILES string of the molecule is CS(=O)(=O)O.CS(=O)(=O)O.Cc1cnc(NCCCN(C)C)c2c1[nH]c1ccc3cc(O)ccc3c12. The van der Waals surface area contributed by atoms with E-state index >= 15 is 0 Å². The third-order valence-corrected chi connectivity index (χ3v) is 4.86. The zero-order chi connectivity index (χ0) is 27.3. The number of phenolic OH excluding ortho intramolecular Hbond substituents is 1. The molecule has 0 saturated heterocycles. The molecule has 0 spiro atoms. The summed E-state index contributed by atoms with van der Waals surface area (Å²) in [6, 6.07) is 9.65. The zero-order valence-electron chi connectivity index (χ0n) is 20.8. The van der Waals surface area contributed by atoms with Crippen molar-refractivity contribution in [1.29, 1.82) is 0 Å². The number of hydrogen-bond donors (Lipinski definition) is 5. The number of phenols is 1. The smallest absolute Gasteiger partial charge is 0.261 e. The fraction of sp³-hybridized carbons (Fsp3) is 0.348. The minimum absolute atomic E-state index is 0.285. The standard InChI is InChI=1S/C21H24N4O.2CH4O3S/c1-13-12-23-21(22-9-4-10-25(2)3)19-18-16-7-6-15(26)11-14(16)5-8-17(18)24-20(13)19;2*1-5(2,3)4/h5-8,11-12,24,26H,4,9-10H2,1-3H3,(H,22,23);2*1H3,(H,2,3,4). The number of fused-ring (bicyclic) bond motifs is 5. The molecule has 2 aromatic heterocycles. The van der Waals surface area contributed by atoms with E-state index < -0.39 is 20.2 Å². The molecular formula is C23H32N4O7S2. The molecule has 0 fully saturated rings. The molecule has 11 nitrogen and oxygen atoms in total. The Balaban J connectivity index is 0.000000389. The number of nitrogens with zero attached hydrogens (tertiary/aromatic N) is 2. The fourth-order valence-corrected chi connectivity index (χ4v) is 3.57. The molecule has 0 aliphatic carbocycles. The van der Waals surface area contributed by atoms with E-state index in [0.717, 1.165) is 63.5 Å². The monoisotopic (exact) mass is 540 g/mol. The first kappa shape index (κ1) is 29.3. The van der Waals surface area contributed by atoms with E-state index in [1.807, 2.05) is 18.3 Å². The van der Waals surface area contributed by atoms with Crippen molar-refractivity contribution in [3.8, 4) is 5.75 Å². The Labute approximate surface area is 210 Å². The number of H-pyrrole nitrogens is 1. The van der Waals surface area contributed by atoms with Gasteiger partial charge in [-0.05, 0) is 68.5 Å². The number of aromatic nitrogens is 2. The number of aryl methyl sites for hydroxylation is 1. The van der Waals surface area contributed by atoms with Crippen LogP contribution in [0, 0.1) is 6.92 Å². The first-order valence-corrected chi connectivity index (χ1v) is 14.5. The number of benzene rings is 2. The van der Waals surface area contributed by atoms with Gasteiger partial charge in [-0.25, -0.2) is 4.98 Å². The molecule has 2 heterocycles. The number of nitrogens with one attached hydrogen (secondary N) is 2. The number of anilines is 1. The van der Waals surface area contributed by atoms with Gasteiger partial charge < -0.3 is 20.3 Å². The highest BCUT2D eigenvalue weighted by atomic mass is 32.2. The van der Waals surface area contributed by atoms with Gasteiger partial charge in [0.05, 0.1) is 23.4 Å². The van der Waals surface area contributed by atoms with Crippen LogP contribution < -0.4 is 5.32 Å². The van der Waals surface area contributed by atoms with E-state index in [9.17, 15) is 21.9 Å². The van der Waals surface area contributed by atoms with Crippen LogP contribution in [0.25, 0.3) is 32.6 Å². The second-order valence-electron chi connectivity index (χ2n) is 8.61. The van der Waals surface area contributed by atoms with E-state index in [0.29, 0.717) is 12.5 Å². The predicted octanol–water partition coefficient (Wildman–Crippen LogP) is 3.25. The maximum Gasteiger partial charge on any atom is 0.261 e. The van der Waals surface area contributed by atoms with Crippen LogP contribution in [0.3, 0.4) is 0 Å². The van der Waals surface area contributed by atoms with Gasteiger partial charge in [-0.3, -0.25) is 9.11 Å². The van der Waals surface area contributed by atoms with E-state index in [2.05, 4.69) is 47.3 Å². The van der Waals surface area contributed by atoms with Crippen molar-refractivity contribution in [2.24, 2.45) is 0 Å². The topological polar surface area (TPSA) is 173 Å². The molecule has 0 unspecified atom stereocenters. The van der Waals surface area contributed by atoms with Crippen LogP contribution in [0.4, 0.5) is 5.82 Å². The minimum Gasteiger partial charge on any atom is -0.508 e. The van der Waals surface area contributed by atoms with E-state index in [4.69, 9.17) is 9.11 Å². The maximum atomic E-state index is 9.82. The van der Waals surface area contributed by atoms with Crippen LogP contribution in [0.5, 0.6) is 5.75 Å². The molecule has 5 N–H and O–H groups in total. The summed E-state index contributed by atoms with van der Waals surface area (Å²) in [6.07, 6.45) is 4.40. The van der Waals surface area contributed by atoms with Crippen LogP contribution in [0.1, 0.15) is 12.0 Å². The molecule has 0 aliphatic rings. The van der Waals surface area contributed by atoms with Gasteiger partial charge in [0.2, 0.25) is 0 Å². The highest BCUT2D eigenvalue weighted by Crippen LogP contribution is 2.37. The lowest BCUT2D eigenvalue weighted by Crippen LogP contribution is -2.16. The third-order valence-electron chi connectivity index (χ3n) is 4.86. The summed E-state index contributed by atoms with van der Waals surface area (Å²) in [4.78, 5) is 10.4. The fourth-order valence-electron chi connectivity index (χ4n) is 3.57. The summed E-state index contributed by atoms with van der Waals surface area (Å²) in [5, 5.41) is 17.8. The molecule has 0 aliphatic heterocycles. The number of aromatic amines is 1. The Morgan fingerprint density at radius 2 is 1.61 bits per heavy atom. The van der Waals surface area contributed by atoms with Crippen LogP contribution in [0.2, 0.25) is 0 Å². The van der Waals surface area contributed by atoms with Gasteiger partial charge in [0.25, 0.3) is 20.2 Å². The average molecular weight is 541 g/mol. The highest BCUT2D eigenvalue weighted by Gasteiger charge is 2.14. The molecular weight excluding hydrogens is 508 g/mol. The van der Waals surface area contributed by atoms with E-state index in [-0.39, 0.29) is 5.75 Å². The number of hydrogen-bond acceptors (Lipinski definition) is 8. The van der Waals surface area contributed by atoms with Crippen LogP contribution in [-0.2, 0) is 20.2 Å². The Kier molecular flexibility index (Phi) is 9.63. The van der Waals surface area contributed by atoms with E-state index in [1.54, 1.807) is 12.1 Å². The predicted molar refractivity (Wildman–Crippen MR) is 144 cm³/mol. The molecule has 13 heteroatoms. The quantitative estimate of drug-likeness (QED) is 0.187. The largest absolute Gasteiger partial charge is 0.508 e. The molecule has 4 rings (SSSR count). The zero-order valence-corrected chi connectivity index (χ0v) is 22.4. The van der Waals surface area contributed by atoms with Gasteiger partial charge in [0.15, 0.2) is 0 Å². The first-order valence-electron chi connectivity index (χ1n) is 10.8. The van der Waals surface area contributed by atoms with Crippen molar-refractivity contribution in [3.05, 3.63) is 42.1 Å². The summed E-state index contributed by atoms with van der Waals surface area (Å²) in [5.74, 6) is 1.20. The van der Waals surface area contributed by atoms with Crippen molar-refractivity contribution in [3.63, 3.8) is 0 Å². The molecule has 0 atom stereocenters. The molecule has 198 valence electrons. The van der Waals surface area contributed by atoms with Gasteiger partial charge in [-0.15, -0.1) is 0 Å². The molecule has 4 aromatic rings. The van der Waals surface area contributed by atoms with Crippen molar-refractivity contribution < 1.29 is 31.0 Å². The second kappa shape index (κ2) is 11.8. The molecule has 2 aromatic carbocycles. The van der Waals surface area contributed by atoms with Crippen molar-refractivity contribution in [2.45, 2.75) is 13.3 Å².